The van der Waals surface area contributed by atoms with Crippen molar-refractivity contribution in [2.75, 3.05) is 5.73 Å². The molecular formula is C14H13BN4O2. The molecule has 21 heavy (non-hydrogen) atoms. The van der Waals surface area contributed by atoms with Crippen LogP contribution in [0.4, 0.5) is 5.82 Å². The monoisotopic (exact) mass is 280 g/mol. The van der Waals surface area contributed by atoms with Crippen LogP contribution in [-0.4, -0.2) is 32.3 Å². The first-order chi connectivity index (χ1) is 10.1. The van der Waals surface area contributed by atoms with Gasteiger partial charge in [0.15, 0.2) is 5.82 Å². The Hall–Kier alpha value is -2.51. The second-order valence-electron chi connectivity index (χ2n) is 4.81. The van der Waals surface area contributed by atoms with Crippen LogP contribution in [0.1, 0.15) is 5.69 Å². The van der Waals surface area contributed by atoms with Crippen molar-refractivity contribution in [3.63, 3.8) is 0 Å². The summed E-state index contributed by atoms with van der Waals surface area (Å²) in [6, 6.07) is 7.40. The third-order valence-electron chi connectivity index (χ3n) is 3.38. The van der Waals surface area contributed by atoms with Gasteiger partial charge in [-0.25, -0.2) is 0 Å². The molecule has 0 aliphatic rings. The Morgan fingerprint density at radius 1 is 1.00 bits per heavy atom. The number of benzene rings is 1. The molecule has 3 rings (SSSR count). The van der Waals surface area contributed by atoms with Gasteiger partial charge in [-0.1, -0.05) is 12.1 Å². The molecule has 0 unspecified atom stereocenters. The van der Waals surface area contributed by atoms with Gasteiger partial charge in [0.1, 0.15) is 0 Å². The number of anilines is 1. The van der Waals surface area contributed by atoms with Gasteiger partial charge < -0.3 is 15.8 Å². The molecule has 0 radical (unpaired) electrons. The first kappa shape index (κ1) is 13.5. The molecule has 0 fully saturated rings. The molecule has 0 amide bonds. The third kappa shape index (κ3) is 2.44. The summed E-state index contributed by atoms with van der Waals surface area (Å²) in [7, 11) is -1.54. The maximum absolute atomic E-state index is 9.23. The molecule has 1 aromatic carbocycles. The molecule has 0 saturated carbocycles. The lowest BCUT2D eigenvalue weighted by Crippen LogP contribution is -2.30. The highest BCUT2D eigenvalue weighted by molar-refractivity contribution is 6.58. The van der Waals surface area contributed by atoms with E-state index in [4.69, 9.17) is 5.73 Å². The molecule has 7 heteroatoms. The van der Waals surface area contributed by atoms with Crippen LogP contribution in [0, 0.1) is 6.92 Å². The lowest BCUT2D eigenvalue weighted by molar-refractivity contribution is 0.425. The molecule has 0 spiro atoms. The van der Waals surface area contributed by atoms with Crippen LogP contribution in [0.5, 0.6) is 0 Å². The SMILES string of the molecule is Cc1nnc(N)c2ccc(-c3cncc(B(O)O)c3)cc12. The van der Waals surface area contributed by atoms with Crippen LogP contribution in [-0.2, 0) is 0 Å². The summed E-state index contributed by atoms with van der Waals surface area (Å²) in [6.07, 6.45) is 3.09. The zero-order valence-electron chi connectivity index (χ0n) is 11.4. The van der Waals surface area contributed by atoms with E-state index in [0.717, 1.165) is 27.6 Å². The zero-order valence-corrected chi connectivity index (χ0v) is 11.4. The van der Waals surface area contributed by atoms with Gasteiger partial charge in [0, 0.05) is 28.6 Å². The topological polar surface area (TPSA) is 105 Å². The fourth-order valence-electron chi connectivity index (χ4n) is 2.24. The quantitative estimate of drug-likeness (QED) is 0.582. The lowest BCUT2D eigenvalue weighted by atomic mass is 9.80. The number of fused-ring (bicyclic) bond motifs is 1. The molecular weight excluding hydrogens is 267 g/mol. The molecule has 6 nitrogen and oxygen atoms in total. The minimum absolute atomic E-state index is 0.344. The Balaban J connectivity index is 2.17. The molecule has 3 aromatic rings. The van der Waals surface area contributed by atoms with Gasteiger partial charge in [0.25, 0.3) is 0 Å². The van der Waals surface area contributed by atoms with Gasteiger partial charge in [0.05, 0.1) is 5.69 Å². The Labute approximate surface area is 121 Å². The van der Waals surface area contributed by atoms with Crippen LogP contribution < -0.4 is 11.2 Å². The Morgan fingerprint density at radius 3 is 2.57 bits per heavy atom. The maximum atomic E-state index is 9.23. The van der Waals surface area contributed by atoms with Crippen molar-refractivity contribution >= 4 is 29.2 Å². The first-order valence-electron chi connectivity index (χ1n) is 6.40. The van der Waals surface area contributed by atoms with E-state index in [0.29, 0.717) is 11.3 Å². The molecule has 0 saturated heterocycles. The summed E-state index contributed by atoms with van der Waals surface area (Å²) >= 11 is 0. The average Bonchev–Trinajstić information content (AvgIpc) is 2.51. The number of aryl methyl sites for hydroxylation is 1. The number of hydrogen-bond acceptors (Lipinski definition) is 6. The highest BCUT2D eigenvalue weighted by atomic mass is 16.4. The van der Waals surface area contributed by atoms with Crippen molar-refractivity contribution in [3.8, 4) is 11.1 Å². The van der Waals surface area contributed by atoms with E-state index in [2.05, 4.69) is 15.2 Å². The number of aromatic nitrogens is 3. The average molecular weight is 280 g/mol. The predicted octanol–water partition coefficient (Wildman–Crippen LogP) is 0.262. The third-order valence-corrected chi connectivity index (χ3v) is 3.38. The standard InChI is InChI=1S/C14H13BN4O2/c1-8-13-5-9(2-3-12(13)14(16)19-18-8)10-4-11(15(20)21)7-17-6-10/h2-7,20-21H,1H3,(H2,16,19). The van der Waals surface area contributed by atoms with Crippen LogP contribution in [0.25, 0.3) is 21.9 Å². The van der Waals surface area contributed by atoms with Gasteiger partial charge in [-0.2, -0.15) is 5.10 Å². The number of nitrogen functional groups attached to an aromatic ring is 1. The molecule has 0 aliphatic carbocycles. The zero-order chi connectivity index (χ0) is 15.0. The van der Waals surface area contributed by atoms with E-state index in [1.54, 1.807) is 12.3 Å². The van der Waals surface area contributed by atoms with Crippen molar-refractivity contribution in [3.05, 3.63) is 42.4 Å². The van der Waals surface area contributed by atoms with Gasteiger partial charge >= 0.3 is 7.12 Å². The summed E-state index contributed by atoms with van der Waals surface area (Å²) in [4.78, 5) is 4.03. The van der Waals surface area contributed by atoms with E-state index >= 15 is 0 Å². The van der Waals surface area contributed by atoms with Crippen LogP contribution in [0.2, 0.25) is 0 Å². The fourth-order valence-corrected chi connectivity index (χ4v) is 2.24. The van der Waals surface area contributed by atoms with Crippen LogP contribution >= 0.6 is 0 Å². The number of nitrogens with two attached hydrogens (primary N) is 1. The largest absolute Gasteiger partial charge is 0.490 e. The normalized spacial score (nSPS) is 10.8. The van der Waals surface area contributed by atoms with Crippen LogP contribution in [0.3, 0.4) is 0 Å². The first-order valence-corrected chi connectivity index (χ1v) is 6.40. The van der Waals surface area contributed by atoms with Crippen molar-refractivity contribution in [1.82, 2.24) is 15.2 Å². The molecule has 104 valence electrons. The van der Waals surface area contributed by atoms with Crippen molar-refractivity contribution in [1.29, 1.82) is 0 Å². The summed E-state index contributed by atoms with van der Waals surface area (Å²) in [5, 5.41) is 28.1. The van der Waals surface area contributed by atoms with Crippen LogP contribution in [0.15, 0.2) is 36.7 Å². The maximum Gasteiger partial charge on any atom is 0.490 e. The van der Waals surface area contributed by atoms with Crippen molar-refractivity contribution < 1.29 is 10.0 Å². The van der Waals surface area contributed by atoms with E-state index in [-0.39, 0.29) is 0 Å². The van der Waals surface area contributed by atoms with E-state index < -0.39 is 7.12 Å². The minimum Gasteiger partial charge on any atom is -0.423 e. The highest BCUT2D eigenvalue weighted by Gasteiger charge is 2.13. The molecule has 0 aliphatic heterocycles. The number of hydrogen-bond donors (Lipinski definition) is 3. The fraction of sp³-hybridized carbons (Fsp3) is 0.0714. The van der Waals surface area contributed by atoms with Gasteiger partial charge in [-0.3, -0.25) is 4.98 Å². The highest BCUT2D eigenvalue weighted by Crippen LogP contribution is 2.26. The lowest BCUT2D eigenvalue weighted by Gasteiger charge is -2.08. The molecule has 0 atom stereocenters. The predicted molar refractivity (Wildman–Crippen MR) is 81.7 cm³/mol. The smallest absolute Gasteiger partial charge is 0.423 e. The summed E-state index contributed by atoms with van der Waals surface area (Å²) < 4.78 is 0. The van der Waals surface area contributed by atoms with Gasteiger partial charge in [0.2, 0.25) is 0 Å². The number of nitrogens with zero attached hydrogens (tertiary/aromatic N) is 3. The molecule has 2 aromatic heterocycles. The summed E-state index contributed by atoms with van der Waals surface area (Å²) in [5.41, 5.74) is 8.64. The van der Waals surface area contributed by atoms with Crippen molar-refractivity contribution in [2.45, 2.75) is 6.92 Å². The van der Waals surface area contributed by atoms with E-state index in [1.807, 2.05) is 25.1 Å². The Kier molecular flexibility index (Phi) is 3.28. The summed E-state index contributed by atoms with van der Waals surface area (Å²) in [5.74, 6) is 0.389. The minimum atomic E-state index is -1.54. The summed E-state index contributed by atoms with van der Waals surface area (Å²) in [6.45, 7) is 1.87. The van der Waals surface area contributed by atoms with Gasteiger partial charge in [-0.15, -0.1) is 5.10 Å². The van der Waals surface area contributed by atoms with Gasteiger partial charge in [-0.05, 0) is 30.2 Å². The Bertz CT molecular complexity index is 823. The number of pyridine rings is 1. The second kappa shape index (κ2) is 5.12. The van der Waals surface area contributed by atoms with Crippen molar-refractivity contribution in [2.24, 2.45) is 0 Å². The van der Waals surface area contributed by atoms with E-state index in [1.165, 1.54) is 6.20 Å². The van der Waals surface area contributed by atoms with E-state index in [9.17, 15) is 10.0 Å². The second-order valence-corrected chi connectivity index (χ2v) is 4.81. The molecule has 4 N–H and O–H groups in total. The number of rotatable bonds is 2. The Morgan fingerprint density at radius 2 is 1.81 bits per heavy atom. The molecule has 2 heterocycles. The molecule has 0 bridgehead atoms.